The monoisotopic (exact) mass is 473 g/mol. The van der Waals surface area contributed by atoms with Gasteiger partial charge in [-0.1, -0.05) is 47.1 Å². The van der Waals surface area contributed by atoms with Crippen LogP contribution in [-0.2, 0) is 5.75 Å². The molecule has 0 bridgehead atoms. The molecule has 5 rings (SSSR count). The van der Waals surface area contributed by atoms with E-state index in [-0.39, 0.29) is 5.56 Å². The largest absolute Gasteiger partial charge is 0.270 e. The van der Waals surface area contributed by atoms with Gasteiger partial charge < -0.3 is 0 Å². The van der Waals surface area contributed by atoms with Crippen LogP contribution in [0.15, 0.2) is 82.7 Å². The fourth-order valence-corrected chi connectivity index (χ4v) is 4.62. The summed E-state index contributed by atoms with van der Waals surface area (Å²) in [6.07, 6.45) is 0. The van der Waals surface area contributed by atoms with Gasteiger partial charge >= 0.3 is 0 Å². The Morgan fingerprint density at radius 2 is 1.70 bits per heavy atom. The zero-order chi connectivity index (χ0) is 22.9. The molecule has 0 aliphatic heterocycles. The minimum absolute atomic E-state index is 0.0874. The Kier molecular flexibility index (Phi) is 5.74. The number of pyridine rings is 1. The third-order valence-electron chi connectivity index (χ3n) is 5.31. The molecule has 33 heavy (non-hydrogen) atoms. The third-order valence-corrected chi connectivity index (χ3v) is 6.52. The molecule has 0 radical (unpaired) electrons. The number of rotatable bonds is 5. The number of aromatic nitrogens is 5. The molecule has 164 valence electrons. The zero-order valence-corrected chi connectivity index (χ0v) is 19.6. The van der Waals surface area contributed by atoms with Crippen molar-refractivity contribution in [3.63, 3.8) is 0 Å². The molecule has 0 saturated carbocycles. The molecule has 0 aliphatic carbocycles. The molecule has 0 spiro atoms. The van der Waals surface area contributed by atoms with Crippen LogP contribution < -0.4 is 5.56 Å². The highest BCUT2D eigenvalue weighted by Gasteiger charge is 2.17. The minimum Gasteiger partial charge on any atom is -0.270 e. The fraction of sp³-hybridized carbons (Fsp3) is 0.120. The van der Waals surface area contributed by atoms with E-state index in [0.29, 0.717) is 22.1 Å². The summed E-state index contributed by atoms with van der Waals surface area (Å²) in [7, 11) is 0. The molecule has 0 N–H and O–H groups in total. The van der Waals surface area contributed by atoms with Crippen LogP contribution in [0.25, 0.3) is 22.7 Å². The van der Waals surface area contributed by atoms with Crippen LogP contribution in [0.1, 0.15) is 17.0 Å². The standard InChI is InChI=1S/C25H20ClN5OS/c1-16-6-12-21(13-7-16)31-24(18-8-10-19(26)11-9-18)28-29-25(31)33-15-20-14-23(32)30-17(2)4-3-5-22(30)27-20/h3-14H,15H2,1-2H3. The first kappa shape index (κ1) is 21.4. The molecule has 6 nitrogen and oxygen atoms in total. The zero-order valence-electron chi connectivity index (χ0n) is 18.1. The molecule has 0 unspecified atom stereocenters. The Bertz CT molecular complexity index is 1510. The summed E-state index contributed by atoms with van der Waals surface area (Å²) in [6, 6.07) is 23.0. The van der Waals surface area contributed by atoms with Crippen molar-refractivity contribution in [2.24, 2.45) is 0 Å². The maximum absolute atomic E-state index is 12.6. The van der Waals surface area contributed by atoms with Gasteiger partial charge in [0.15, 0.2) is 11.0 Å². The molecule has 0 fully saturated rings. The number of halogens is 1. The predicted octanol–water partition coefficient (Wildman–Crippen LogP) is 5.50. The van der Waals surface area contributed by atoms with Gasteiger partial charge in [0.05, 0.1) is 5.69 Å². The predicted molar refractivity (Wildman–Crippen MR) is 132 cm³/mol. The van der Waals surface area contributed by atoms with Gasteiger partial charge in [0, 0.05) is 33.8 Å². The summed E-state index contributed by atoms with van der Waals surface area (Å²) in [5.74, 6) is 1.21. The molecular formula is C25H20ClN5OS. The highest BCUT2D eigenvalue weighted by Crippen LogP contribution is 2.30. The molecule has 0 atom stereocenters. The van der Waals surface area contributed by atoms with Crippen molar-refractivity contribution in [3.8, 4) is 17.1 Å². The number of aryl methyl sites for hydroxylation is 2. The van der Waals surface area contributed by atoms with Gasteiger partial charge in [0.25, 0.3) is 5.56 Å². The van der Waals surface area contributed by atoms with Crippen molar-refractivity contribution in [1.29, 1.82) is 0 Å². The van der Waals surface area contributed by atoms with Crippen molar-refractivity contribution >= 4 is 29.0 Å². The molecule has 5 aromatic rings. The van der Waals surface area contributed by atoms with E-state index in [0.717, 1.165) is 27.9 Å². The van der Waals surface area contributed by atoms with E-state index >= 15 is 0 Å². The van der Waals surface area contributed by atoms with E-state index in [4.69, 9.17) is 11.6 Å². The summed E-state index contributed by atoms with van der Waals surface area (Å²) in [5.41, 5.74) is 5.15. The fourth-order valence-electron chi connectivity index (χ4n) is 3.65. The Morgan fingerprint density at radius 3 is 2.45 bits per heavy atom. The van der Waals surface area contributed by atoms with E-state index in [1.165, 1.54) is 17.3 Å². The van der Waals surface area contributed by atoms with Gasteiger partial charge in [-0.2, -0.15) is 0 Å². The van der Waals surface area contributed by atoms with E-state index in [9.17, 15) is 4.79 Å². The average molecular weight is 474 g/mol. The van der Waals surface area contributed by atoms with Gasteiger partial charge in [-0.15, -0.1) is 10.2 Å². The second-order valence-electron chi connectivity index (χ2n) is 7.72. The van der Waals surface area contributed by atoms with Crippen molar-refractivity contribution in [1.82, 2.24) is 24.1 Å². The number of hydrogen-bond acceptors (Lipinski definition) is 5. The first-order chi connectivity index (χ1) is 16.0. The Morgan fingerprint density at radius 1 is 0.939 bits per heavy atom. The van der Waals surface area contributed by atoms with Crippen LogP contribution in [0.2, 0.25) is 5.02 Å². The van der Waals surface area contributed by atoms with Crippen LogP contribution >= 0.6 is 23.4 Å². The van der Waals surface area contributed by atoms with Gasteiger partial charge in [-0.25, -0.2) is 4.98 Å². The quantitative estimate of drug-likeness (QED) is 0.315. The average Bonchev–Trinajstić information content (AvgIpc) is 3.22. The lowest BCUT2D eigenvalue weighted by atomic mass is 10.2. The molecule has 8 heteroatoms. The van der Waals surface area contributed by atoms with Gasteiger partial charge in [0.1, 0.15) is 5.65 Å². The van der Waals surface area contributed by atoms with Crippen molar-refractivity contribution in [2.75, 3.05) is 0 Å². The summed E-state index contributed by atoms with van der Waals surface area (Å²) in [5, 5.41) is 10.3. The molecule has 0 amide bonds. The van der Waals surface area contributed by atoms with Gasteiger partial charge in [-0.3, -0.25) is 13.8 Å². The SMILES string of the molecule is Cc1ccc(-n2c(SCc3cc(=O)n4c(C)cccc4n3)nnc2-c2ccc(Cl)cc2)cc1. The Labute approximate surface area is 199 Å². The number of fused-ring (bicyclic) bond motifs is 1. The molecule has 2 aromatic carbocycles. The topological polar surface area (TPSA) is 65.1 Å². The Balaban J connectivity index is 1.53. The number of benzene rings is 2. The number of nitrogens with zero attached hydrogens (tertiary/aromatic N) is 5. The summed E-state index contributed by atoms with van der Waals surface area (Å²) >= 11 is 7.57. The number of hydrogen-bond donors (Lipinski definition) is 0. The minimum atomic E-state index is -0.0874. The van der Waals surface area contributed by atoms with Crippen molar-refractivity contribution in [2.45, 2.75) is 24.8 Å². The second-order valence-corrected chi connectivity index (χ2v) is 9.10. The highest BCUT2D eigenvalue weighted by molar-refractivity contribution is 7.98. The normalized spacial score (nSPS) is 11.2. The van der Waals surface area contributed by atoms with Crippen LogP contribution in [0, 0.1) is 13.8 Å². The lowest BCUT2D eigenvalue weighted by Crippen LogP contribution is -2.17. The van der Waals surface area contributed by atoms with Crippen LogP contribution in [0.5, 0.6) is 0 Å². The van der Waals surface area contributed by atoms with E-state index in [1.54, 1.807) is 10.5 Å². The molecular weight excluding hydrogens is 454 g/mol. The van der Waals surface area contributed by atoms with E-state index in [2.05, 4.69) is 34.2 Å². The molecule has 0 saturated heterocycles. The van der Waals surface area contributed by atoms with Crippen molar-refractivity contribution < 1.29 is 0 Å². The van der Waals surface area contributed by atoms with Gasteiger partial charge in [0.2, 0.25) is 0 Å². The van der Waals surface area contributed by atoms with E-state index < -0.39 is 0 Å². The van der Waals surface area contributed by atoms with Crippen molar-refractivity contribution in [3.05, 3.63) is 105 Å². The first-order valence-electron chi connectivity index (χ1n) is 10.4. The third kappa shape index (κ3) is 4.29. The van der Waals surface area contributed by atoms with E-state index in [1.807, 2.05) is 66.1 Å². The maximum Gasteiger partial charge on any atom is 0.258 e. The maximum atomic E-state index is 12.6. The van der Waals surface area contributed by atoms with Crippen LogP contribution in [0.4, 0.5) is 0 Å². The summed E-state index contributed by atoms with van der Waals surface area (Å²) < 4.78 is 3.63. The highest BCUT2D eigenvalue weighted by atomic mass is 35.5. The second kappa shape index (κ2) is 8.84. The van der Waals surface area contributed by atoms with Crippen LogP contribution in [0.3, 0.4) is 0 Å². The molecule has 3 aromatic heterocycles. The first-order valence-corrected chi connectivity index (χ1v) is 11.8. The summed E-state index contributed by atoms with van der Waals surface area (Å²) in [6.45, 7) is 3.95. The van der Waals surface area contributed by atoms with Gasteiger partial charge in [-0.05, 0) is 62.4 Å². The van der Waals surface area contributed by atoms with Crippen LogP contribution in [-0.4, -0.2) is 24.1 Å². The molecule has 3 heterocycles. The Hall–Kier alpha value is -3.42. The summed E-state index contributed by atoms with van der Waals surface area (Å²) in [4.78, 5) is 17.3. The smallest absolute Gasteiger partial charge is 0.258 e. The lowest BCUT2D eigenvalue weighted by molar-refractivity contribution is 0.884. The number of thioether (sulfide) groups is 1. The lowest BCUT2D eigenvalue weighted by Gasteiger charge is -2.11. The molecule has 0 aliphatic rings.